The Balaban J connectivity index is 2.25. The molecule has 98 valence electrons. The van der Waals surface area contributed by atoms with Gasteiger partial charge >= 0.3 is 0 Å². The number of nitrogens with zero attached hydrogens (tertiary/aromatic N) is 1. The van der Waals surface area contributed by atoms with Crippen LogP contribution in [0.1, 0.15) is 10.4 Å². The van der Waals surface area contributed by atoms with Crippen LogP contribution in [0, 0.1) is 0 Å². The zero-order valence-electron chi connectivity index (χ0n) is 10.2. The third-order valence-electron chi connectivity index (χ3n) is 2.49. The minimum atomic E-state index is -0.369. The summed E-state index contributed by atoms with van der Waals surface area (Å²) in [4.78, 5) is 16.1. The molecule has 0 fully saturated rings. The number of pyridine rings is 1. The van der Waals surface area contributed by atoms with Crippen LogP contribution >= 0.6 is 11.6 Å². The first kappa shape index (κ1) is 13.2. The lowest BCUT2D eigenvalue weighted by atomic mass is 10.1. The van der Waals surface area contributed by atoms with E-state index in [4.69, 9.17) is 22.1 Å². The number of nitrogens with two attached hydrogens (primary N) is 1. The van der Waals surface area contributed by atoms with Crippen LogP contribution in [-0.2, 0) is 0 Å². The van der Waals surface area contributed by atoms with Gasteiger partial charge in [-0.3, -0.25) is 4.79 Å². The smallest absolute Gasteiger partial charge is 0.259 e. The average molecular weight is 278 g/mol. The van der Waals surface area contributed by atoms with Gasteiger partial charge in [-0.15, -0.1) is 0 Å². The Morgan fingerprint density at radius 1 is 1.32 bits per heavy atom. The second-order valence-corrected chi connectivity index (χ2v) is 4.11. The first-order chi connectivity index (χ1) is 9.11. The van der Waals surface area contributed by atoms with Crippen LogP contribution in [0.15, 0.2) is 36.4 Å². The van der Waals surface area contributed by atoms with Gasteiger partial charge in [0.25, 0.3) is 5.91 Å². The van der Waals surface area contributed by atoms with E-state index in [9.17, 15) is 4.79 Å². The molecule has 0 spiro atoms. The molecular weight excluding hydrogens is 266 g/mol. The van der Waals surface area contributed by atoms with Gasteiger partial charge in [0, 0.05) is 0 Å². The maximum absolute atomic E-state index is 12.1. The molecule has 1 aromatic heterocycles. The summed E-state index contributed by atoms with van der Waals surface area (Å²) in [6, 6.07) is 9.94. The van der Waals surface area contributed by atoms with E-state index in [1.54, 1.807) is 36.4 Å². The molecule has 1 amide bonds. The third kappa shape index (κ3) is 2.95. The van der Waals surface area contributed by atoms with E-state index in [-0.39, 0.29) is 11.6 Å². The predicted octanol–water partition coefficient (Wildman–Crippen LogP) is 2.58. The number of ether oxygens (including phenoxy) is 1. The van der Waals surface area contributed by atoms with Crippen molar-refractivity contribution in [3.8, 4) is 5.75 Å². The Morgan fingerprint density at radius 3 is 2.74 bits per heavy atom. The van der Waals surface area contributed by atoms with Gasteiger partial charge in [-0.2, -0.15) is 0 Å². The van der Waals surface area contributed by atoms with Crippen molar-refractivity contribution >= 4 is 29.0 Å². The SMILES string of the molecule is COc1cccc(C(=O)Nc2cccc(Cl)n2)c1N. The first-order valence-corrected chi connectivity index (χ1v) is 5.86. The number of rotatable bonds is 3. The van der Waals surface area contributed by atoms with Crippen LogP contribution in [0.3, 0.4) is 0 Å². The fourth-order valence-corrected chi connectivity index (χ4v) is 1.75. The highest BCUT2D eigenvalue weighted by Gasteiger charge is 2.13. The van der Waals surface area contributed by atoms with Crippen LogP contribution in [-0.4, -0.2) is 18.0 Å². The van der Waals surface area contributed by atoms with E-state index in [1.807, 2.05) is 0 Å². The molecular formula is C13H12ClN3O2. The molecule has 1 aromatic carbocycles. The number of anilines is 2. The van der Waals surface area contributed by atoms with Crippen molar-refractivity contribution in [2.45, 2.75) is 0 Å². The molecule has 5 nitrogen and oxygen atoms in total. The van der Waals surface area contributed by atoms with Gasteiger partial charge in [0.1, 0.15) is 16.7 Å². The summed E-state index contributed by atoms with van der Waals surface area (Å²) in [5, 5.41) is 2.92. The highest BCUT2D eigenvalue weighted by atomic mass is 35.5. The summed E-state index contributed by atoms with van der Waals surface area (Å²) in [7, 11) is 1.49. The molecule has 0 saturated heterocycles. The molecule has 0 radical (unpaired) electrons. The molecule has 6 heteroatoms. The Hall–Kier alpha value is -2.27. The fourth-order valence-electron chi connectivity index (χ4n) is 1.58. The molecule has 19 heavy (non-hydrogen) atoms. The van der Waals surface area contributed by atoms with E-state index in [2.05, 4.69) is 10.3 Å². The number of carbonyl (C=O) groups is 1. The number of amides is 1. The van der Waals surface area contributed by atoms with Crippen LogP contribution in [0.4, 0.5) is 11.5 Å². The number of carbonyl (C=O) groups excluding carboxylic acids is 1. The quantitative estimate of drug-likeness (QED) is 0.668. The molecule has 0 aliphatic rings. The number of hydrogen-bond acceptors (Lipinski definition) is 4. The molecule has 0 aliphatic heterocycles. The minimum Gasteiger partial charge on any atom is -0.495 e. The summed E-state index contributed by atoms with van der Waals surface area (Å²) >= 11 is 5.75. The first-order valence-electron chi connectivity index (χ1n) is 5.48. The summed E-state index contributed by atoms with van der Waals surface area (Å²) in [5.41, 5.74) is 6.45. The fraction of sp³-hybridized carbons (Fsp3) is 0.0769. The molecule has 0 unspecified atom stereocenters. The number of para-hydroxylation sites is 1. The van der Waals surface area contributed by atoms with E-state index < -0.39 is 0 Å². The lowest BCUT2D eigenvalue weighted by Crippen LogP contribution is -2.15. The topological polar surface area (TPSA) is 77.2 Å². The van der Waals surface area contributed by atoms with E-state index in [0.29, 0.717) is 22.3 Å². The Bertz CT molecular complexity index is 617. The highest BCUT2D eigenvalue weighted by molar-refractivity contribution is 6.29. The number of halogens is 1. The summed E-state index contributed by atoms with van der Waals surface area (Å²) in [6.45, 7) is 0. The van der Waals surface area contributed by atoms with Gasteiger partial charge in [-0.05, 0) is 24.3 Å². The standard InChI is InChI=1S/C13H12ClN3O2/c1-19-9-5-2-4-8(12(9)15)13(18)17-11-7-3-6-10(14)16-11/h2-7H,15H2,1H3,(H,16,17,18). The van der Waals surface area contributed by atoms with Crippen LogP contribution in [0.2, 0.25) is 5.15 Å². The third-order valence-corrected chi connectivity index (χ3v) is 2.70. The van der Waals surface area contributed by atoms with Crippen molar-refractivity contribution in [1.82, 2.24) is 4.98 Å². The Labute approximate surface area is 115 Å². The molecule has 0 aliphatic carbocycles. The number of aromatic nitrogens is 1. The molecule has 3 N–H and O–H groups in total. The van der Waals surface area contributed by atoms with Gasteiger partial charge < -0.3 is 15.8 Å². The van der Waals surface area contributed by atoms with E-state index >= 15 is 0 Å². The van der Waals surface area contributed by atoms with Crippen molar-refractivity contribution in [2.24, 2.45) is 0 Å². The maximum atomic E-state index is 12.1. The second-order valence-electron chi connectivity index (χ2n) is 3.72. The molecule has 2 aromatic rings. The Morgan fingerprint density at radius 2 is 2.05 bits per heavy atom. The molecule has 0 bridgehead atoms. The van der Waals surface area contributed by atoms with Crippen molar-refractivity contribution < 1.29 is 9.53 Å². The van der Waals surface area contributed by atoms with Crippen molar-refractivity contribution in [3.05, 3.63) is 47.1 Å². The summed E-state index contributed by atoms with van der Waals surface area (Å²) < 4.78 is 5.06. The van der Waals surface area contributed by atoms with Gasteiger partial charge in [0.05, 0.1) is 18.4 Å². The predicted molar refractivity (Wildman–Crippen MR) is 74.6 cm³/mol. The minimum absolute atomic E-state index is 0.282. The van der Waals surface area contributed by atoms with Crippen LogP contribution in [0.25, 0.3) is 0 Å². The average Bonchev–Trinajstić information content (AvgIpc) is 2.39. The van der Waals surface area contributed by atoms with Gasteiger partial charge in [0.15, 0.2) is 0 Å². The number of nitrogen functional groups attached to an aromatic ring is 1. The Kier molecular flexibility index (Phi) is 3.87. The van der Waals surface area contributed by atoms with Crippen LogP contribution in [0.5, 0.6) is 5.75 Å². The van der Waals surface area contributed by atoms with E-state index in [1.165, 1.54) is 7.11 Å². The molecule has 0 saturated carbocycles. The maximum Gasteiger partial charge on any atom is 0.259 e. The summed E-state index contributed by atoms with van der Waals surface area (Å²) in [6.07, 6.45) is 0. The molecule has 0 atom stereocenters. The lowest BCUT2D eigenvalue weighted by Gasteiger charge is -2.10. The van der Waals surface area contributed by atoms with Gasteiger partial charge in [-0.25, -0.2) is 4.98 Å². The second kappa shape index (κ2) is 5.58. The zero-order chi connectivity index (χ0) is 13.8. The number of benzene rings is 1. The monoisotopic (exact) mass is 277 g/mol. The normalized spacial score (nSPS) is 10.0. The number of nitrogens with one attached hydrogen (secondary N) is 1. The van der Waals surface area contributed by atoms with Crippen molar-refractivity contribution in [1.29, 1.82) is 0 Å². The molecule has 1 heterocycles. The van der Waals surface area contributed by atoms with Crippen LogP contribution < -0.4 is 15.8 Å². The van der Waals surface area contributed by atoms with Crippen molar-refractivity contribution in [3.63, 3.8) is 0 Å². The highest BCUT2D eigenvalue weighted by Crippen LogP contribution is 2.25. The van der Waals surface area contributed by atoms with Gasteiger partial charge in [0.2, 0.25) is 0 Å². The van der Waals surface area contributed by atoms with E-state index in [0.717, 1.165) is 0 Å². The number of hydrogen-bond donors (Lipinski definition) is 2. The summed E-state index contributed by atoms with van der Waals surface area (Å²) in [5.74, 6) is 0.442. The number of methoxy groups -OCH3 is 1. The lowest BCUT2D eigenvalue weighted by molar-refractivity contribution is 0.102. The van der Waals surface area contributed by atoms with Crippen molar-refractivity contribution in [2.75, 3.05) is 18.2 Å². The van der Waals surface area contributed by atoms with Gasteiger partial charge in [-0.1, -0.05) is 23.7 Å². The largest absolute Gasteiger partial charge is 0.495 e. The molecule has 2 rings (SSSR count). The zero-order valence-corrected chi connectivity index (χ0v) is 10.9.